The van der Waals surface area contributed by atoms with Crippen molar-refractivity contribution in [2.75, 3.05) is 0 Å². The van der Waals surface area contributed by atoms with Gasteiger partial charge in [0.1, 0.15) is 5.58 Å². The van der Waals surface area contributed by atoms with E-state index in [2.05, 4.69) is 195 Å². The maximum atomic E-state index is 6.37. The number of pyridine rings is 2. The van der Waals surface area contributed by atoms with Crippen molar-refractivity contribution in [3.8, 4) is 44.8 Å². The molecule has 0 amide bonds. The average Bonchev–Trinajstić information content (AvgIpc) is 3.60. The molecule has 0 atom stereocenters. The minimum atomic E-state index is -1.41. The smallest absolute Gasteiger partial charge is 0.120 e. The van der Waals surface area contributed by atoms with Crippen LogP contribution in [0.15, 0.2) is 126 Å². The van der Waals surface area contributed by atoms with Gasteiger partial charge in [0, 0.05) is 37.9 Å². The quantitative estimate of drug-likeness (QED) is 0.107. The topological polar surface area (TPSA) is 38.9 Å². The second-order valence-electron chi connectivity index (χ2n) is 17.0. The molecule has 0 aliphatic rings. The molecule has 3 nitrogen and oxygen atoms in total. The average molecular weight is 969 g/mol. The van der Waals surface area contributed by atoms with Crippen molar-refractivity contribution in [1.29, 1.82) is 0 Å². The molecule has 59 heavy (non-hydrogen) atoms. The molecule has 0 unspecified atom stereocenters. The van der Waals surface area contributed by atoms with Gasteiger partial charge in [-0.15, -0.1) is 47.5 Å². The molecule has 0 spiro atoms. The van der Waals surface area contributed by atoms with Crippen LogP contribution in [-0.2, 0) is 20.1 Å². The summed E-state index contributed by atoms with van der Waals surface area (Å²) in [5, 5.41) is 3.70. The van der Waals surface area contributed by atoms with Crippen molar-refractivity contribution in [2.24, 2.45) is 0 Å². The third-order valence-corrected chi connectivity index (χ3v) is 13.6. The van der Waals surface area contributed by atoms with E-state index in [4.69, 9.17) is 9.40 Å². The minimum Gasteiger partial charge on any atom is -0.501 e. The van der Waals surface area contributed by atoms with Crippen LogP contribution in [0.3, 0.4) is 0 Å². The first-order valence-corrected chi connectivity index (χ1v) is 24.4. The Labute approximate surface area is 366 Å². The third-order valence-electron chi connectivity index (χ3n) is 11.6. The monoisotopic (exact) mass is 969 g/mol. The van der Waals surface area contributed by atoms with E-state index >= 15 is 0 Å². The van der Waals surface area contributed by atoms with Crippen molar-refractivity contribution < 1.29 is 24.5 Å². The summed E-state index contributed by atoms with van der Waals surface area (Å²) in [5.41, 5.74) is 17.3. The van der Waals surface area contributed by atoms with E-state index in [0.717, 1.165) is 57.3 Å². The summed E-state index contributed by atoms with van der Waals surface area (Å²) in [6.45, 7) is 22.7. The van der Waals surface area contributed by atoms with Crippen LogP contribution in [0.5, 0.6) is 0 Å². The summed E-state index contributed by atoms with van der Waals surface area (Å²) in [6, 6.07) is 45.4. The molecule has 0 saturated heterocycles. The molecule has 3 aromatic heterocycles. The van der Waals surface area contributed by atoms with Crippen LogP contribution in [0.4, 0.5) is 0 Å². The molecule has 0 N–H and O–H groups in total. The number of benzene rings is 5. The number of aryl methyl sites for hydroxylation is 3. The molecule has 0 saturated carbocycles. The van der Waals surface area contributed by atoms with Crippen molar-refractivity contribution >= 4 is 35.2 Å². The summed E-state index contributed by atoms with van der Waals surface area (Å²) < 4.78 is 6.37. The summed E-state index contributed by atoms with van der Waals surface area (Å²) >= 11 is 0. The van der Waals surface area contributed by atoms with Crippen LogP contribution in [0.1, 0.15) is 80.2 Å². The maximum Gasteiger partial charge on any atom is 0.120 e. The van der Waals surface area contributed by atoms with Crippen molar-refractivity contribution in [3.05, 3.63) is 162 Å². The van der Waals surface area contributed by atoms with Gasteiger partial charge in [-0.3, -0.25) is 0 Å². The number of hydrogen-bond acceptors (Lipinski definition) is 3. The molecule has 0 aliphatic carbocycles. The normalized spacial score (nSPS) is 11.5. The van der Waals surface area contributed by atoms with Gasteiger partial charge in [-0.1, -0.05) is 149 Å². The Morgan fingerprint density at radius 1 is 0.695 bits per heavy atom. The molecule has 3 heterocycles. The number of fused-ring (bicyclic) bond motifs is 3. The molecule has 0 fully saturated rings. The second-order valence-corrected chi connectivity index (χ2v) is 22.1. The third kappa shape index (κ3) is 9.29. The molecule has 5 aromatic carbocycles. The van der Waals surface area contributed by atoms with E-state index in [1.165, 1.54) is 55.3 Å². The van der Waals surface area contributed by atoms with E-state index < -0.39 is 8.07 Å². The van der Waals surface area contributed by atoms with Crippen LogP contribution in [-0.4, -0.2) is 18.0 Å². The SMILES string of the molecule is CCC(CC)c1ccnc(-c2[c-]ccc3c2oc2ccc(-c4c(C)cccc4C)cc23)c1.Cc1c[c-]c(-c2cc(C(C)C)c([Si](C)(C)C)cn2)cc1-c1ccccc1.[Ir]. The Hall–Kier alpha value is -4.93. The second kappa shape index (κ2) is 18.5. The zero-order chi connectivity index (χ0) is 41.1. The molecular weight excluding hydrogens is 913 g/mol. The predicted molar refractivity (Wildman–Crippen MR) is 250 cm³/mol. The Balaban J connectivity index is 0.000000199. The van der Waals surface area contributed by atoms with E-state index in [1.54, 1.807) is 0 Å². The Bertz CT molecular complexity index is 2680. The van der Waals surface area contributed by atoms with Gasteiger partial charge in [0.05, 0.1) is 13.7 Å². The van der Waals surface area contributed by atoms with Crippen LogP contribution in [0.2, 0.25) is 19.6 Å². The summed E-state index contributed by atoms with van der Waals surface area (Å²) in [7, 11) is -1.41. The minimum absolute atomic E-state index is 0. The molecule has 0 aliphatic heterocycles. The number of rotatable bonds is 9. The summed E-state index contributed by atoms with van der Waals surface area (Å²) in [4.78, 5) is 9.50. The van der Waals surface area contributed by atoms with Gasteiger partial charge in [0.15, 0.2) is 0 Å². The number of hydrogen-bond donors (Lipinski definition) is 0. The molecule has 0 bridgehead atoms. The van der Waals surface area contributed by atoms with Crippen molar-refractivity contribution in [3.63, 3.8) is 0 Å². The van der Waals surface area contributed by atoms with Crippen LogP contribution < -0.4 is 5.19 Å². The van der Waals surface area contributed by atoms with E-state index in [1.807, 2.05) is 12.3 Å². The van der Waals surface area contributed by atoms with Gasteiger partial charge < -0.3 is 14.4 Å². The number of nitrogens with zero attached hydrogens (tertiary/aromatic N) is 2. The zero-order valence-electron chi connectivity index (χ0n) is 36.3. The van der Waals surface area contributed by atoms with E-state index in [9.17, 15) is 0 Å². The van der Waals surface area contributed by atoms with Gasteiger partial charge >= 0.3 is 0 Å². The molecule has 8 aromatic rings. The molecule has 303 valence electrons. The first-order valence-electron chi connectivity index (χ1n) is 20.9. The van der Waals surface area contributed by atoms with Gasteiger partial charge in [0.2, 0.25) is 0 Å². The molecule has 1 radical (unpaired) electrons. The Kier molecular flexibility index (Phi) is 13.7. The van der Waals surface area contributed by atoms with Crippen LogP contribution >= 0.6 is 0 Å². The first-order chi connectivity index (χ1) is 27.9. The number of aromatic nitrogens is 2. The van der Waals surface area contributed by atoms with E-state index in [-0.39, 0.29) is 20.1 Å². The van der Waals surface area contributed by atoms with E-state index in [0.29, 0.717) is 11.8 Å². The van der Waals surface area contributed by atoms with Gasteiger partial charge in [-0.05, 0) is 101 Å². The van der Waals surface area contributed by atoms with Crippen molar-refractivity contribution in [1.82, 2.24) is 9.97 Å². The molecular formula is C54H56IrN2OSi-2. The Morgan fingerprint density at radius 2 is 1.42 bits per heavy atom. The van der Waals surface area contributed by atoms with Gasteiger partial charge in [0.25, 0.3) is 0 Å². The zero-order valence-corrected chi connectivity index (χ0v) is 39.6. The molecule has 5 heteroatoms. The van der Waals surface area contributed by atoms with Crippen molar-refractivity contribution in [2.45, 2.75) is 92.8 Å². The standard InChI is InChI=1S/C30H28NO.C24H28NSi.Ir/c1-5-21(6-2)22-15-16-31-27(18-22)25-12-8-11-24-26-17-23(13-14-28(26)32-30(24)25)29-19(3)9-7-10-20(29)4;1-17(2)21-15-23(25-16-24(21)26(4,5)6)20-13-12-18(3)22(14-20)19-10-8-7-9-11-19;/h7-11,13-18,21H,5-6H2,1-4H3;7-12,14-17H,1-6H3;/q2*-1;. The summed E-state index contributed by atoms with van der Waals surface area (Å²) in [6.07, 6.45) is 6.28. The largest absolute Gasteiger partial charge is 0.501 e. The fourth-order valence-electron chi connectivity index (χ4n) is 8.32. The number of furan rings is 1. The Morgan fingerprint density at radius 3 is 2.10 bits per heavy atom. The fourth-order valence-corrected chi connectivity index (χ4v) is 10.00. The van der Waals surface area contributed by atoms with Crippen LogP contribution in [0, 0.1) is 32.9 Å². The fraction of sp³-hybridized carbons (Fsp3) is 0.259. The molecule has 8 rings (SSSR count). The predicted octanol–water partition coefficient (Wildman–Crippen LogP) is 14.8. The van der Waals surface area contributed by atoms with Crippen LogP contribution in [0.25, 0.3) is 66.7 Å². The summed E-state index contributed by atoms with van der Waals surface area (Å²) in [5.74, 6) is 1.05. The maximum absolute atomic E-state index is 6.37. The first kappa shape index (κ1) is 43.6. The van der Waals surface area contributed by atoms with Gasteiger partial charge in [-0.2, -0.15) is 0 Å². The van der Waals surface area contributed by atoms with Gasteiger partial charge in [-0.25, -0.2) is 0 Å².